The topological polar surface area (TPSA) is 12.9 Å². The zero-order valence-corrected chi connectivity index (χ0v) is 8.70. The molecule has 0 saturated heterocycles. The van der Waals surface area contributed by atoms with E-state index in [4.69, 9.17) is 0 Å². The Bertz CT molecular complexity index is 246. The number of halogens is 1. The fourth-order valence-corrected chi connectivity index (χ4v) is 1.70. The number of thiazole rings is 1. The Kier molecular flexibility index (Phi) is 2.25. The fraction of sp³-hybridized carbons (Fsp3) is 0.667. The first-order valence-electron chi connectivity index (χ1n) is 3.94. The molecule has 12 heavy (non-hydrogen) atoms. The van der Waals surface area contributed by atoms with E-state index >= 15 is 0 Å². The third kappa shape index (κ3) is 1.51. The van der Waals surface area contributed by atoms with Gasteiger partial charge in [0.25, 0.3) is 0 Å². The number of aromatic nitrogens is 1. The molecule has 1 nitrogen and oxygen atoms in total. The van der Waals surface area contributed by atoms with Crippen LogP contribution in [0.3, 0.4) is 0 Å². The van der Waals surface area contributed by atoms with E-state index in [9.17, 15) is 4.39 Å². The lowest BCUT2D eigenvalue weighted by Gasteiger charge is -2.32. The molecule has 1 heterocycles. The summed E-state index contributed by atoms with van der Waals surface area (Å²) in [6.45, 7) is 6.94. The number of nitrogens with zero attached hydrogens (tertiary/aromatic N) is 1. The molecule has 0 aliphatic rings. The third-order valence-electron chi connectivity index (χ3n) is 2.45. The van der Waals surface area contributed by atoms with Gasteiger partial charge in [-0.2, -0.15) is 0 Å². The van der Waals surface area contributed by atoms with Crippen molar-refractivity contribution in [2.75, 3.05) is 0 Å². The molecular weight excluding hydrogens is 173 g/mol. The van der Waals surface area contributed by atoms with Crippen molar-refractivity contribution in [1.29, 1.82) is 0 Å². The molecule has 68 valence electrons. The van der Waals surface area contributed by atoms with E-state index in [-0.39, 0.29) is 0 Å². The second-order valence-electron chi connectivity index (χ2n) is 3.93. The number of rotatable bonds is 2. The fourth-order valence-electron chi connectivity index (χ4n) is 0.786. The van der Waals surface area contributed by atoms with Crippen molar-refractivity contribution in [3.05, 3.63) is 16.6 Å². The molecule has 0 aliphatic carbocycles. The predicted molar refractivity (Wildman–Crippen MR) is 50.3 cm³/mol. The summed E-state index contributed by atoms with van der Waals surface area (Å²) in [5.41, 5.74) is -1.73. The highest BCUT2D eigenvalue weighted by Crippen LogP contribution is 2.38. The summed E-state index contributed by atoms with van der Waals surface area (Å²) in [4.78, 5) is 4.13. The molecule has 1 aromatic rings. The molecule has 0 amide bonds. The average Bonchev–Trinajstić information content (AvgIpc) is 2.34. The predicted octanol–water partition coefficient (Wildman–Crippen LogP) is 3.17. The maximum absolute atomic E-state index is 13.7. The first-order valence-corrected chi connectivity index (χ1v) is 4.82. The lowest BCUT2D eigenvalue weighted by atomic mass is 9.79. The van der Waals surface area contributed by atoms with Gasteiger partial charge < -0.3 is 0 Å². The summed E-state index contributed by atoms with van der Waals surface area (Å²) in [6.07, 6.45) is 1.72. The zero-order valence-electron chi connectivity index (χ0n) is 7.89. The standard InChI is InChI=1S/C9H14FNS/c1-8(2,9(3,4)10)7-11-5-6-12-7/h5-6H,1-4H3. The lowest BCUT2D eigenvalue weighted by molar-refractivity contribution is 0.114. The highest BCUT2D eigenvalue weighted by molar-refractivity contribution is 7.09. The molecule has 0 fully saturated rings. The minimum Gasteiger partial charge on any atom is -0.249 e. The smallest absolute Gasteiger partial charge is 0.116 e. The normalized spacial score (nSPS) is 13.4. The highest BCUT2D eigenvalue weighted by Gasteiger charge is 2.40. The van der Waals surface area contributed by atoms with Gasteiger partial charge in [0.15, 0.2) is 0 Å². The molecule has 0 spiro atoms. The van der Waals surface area contributed by atoms with Crippen LogP contribution in [0.25, 0.3) is 0 Å². The molecule has 0 unspecified atom stereocenters. The van der Waals surface area contributed by atoms with E-state index < -0.39 is 11.1 Å². The van der Waals surface area contributed by atoms with Gasteiger partial charge in [0, 0.05) is 11.6 Å². The largest absolute Gasteiger partial charge is 0.249 e. The van der Waals surface area contributed by atoms with E-state index in [1.807, 2.05) is 19.2 Å². The van der Waals surface area contributed by atoms with Crippen LogP contribution in [0.5, 0.6) is 0 Å². The second kappa shape index (κ2) is 2.80. The molecule has 0 aromatic carbocycles. The monoisotopic (exact) mass is 187 g/mol. The average molecular weight is 187 g/mol. The van der Waals surface area contributed by atoms with Crippen LogP contribution in [-0.2, 0) is 5.41 Å². The van der Waals surface area contributed by atoms with Crippen molar-refractivity contribution >= 4 is 11.3 Å². The van der Waals surface area contributed by atoms with Crippen molar-refractivity contribution < 1.29 is 4.39 Å². The quantitative estimate of drug-likeness (QED) is 0.693. The van der Waals surface area contributed by atoms with Crippen LogP contribution in [0, 0.1) is 0 Å². The molecule has 0 atom stereocenters. The molecule has 1 rings (SSSR count). The summed E-state index contributed by atoms with van der Waals surface area (Å²) in [5, 5.41) is 2.73. The first kappa shape index (κ1) is 9.65. The Morgan fingerprint density at radius 3 is 2.25 bits per heavy atom. The van der Waals surface area contributed by atoms with Crippen molar-refractivity contribution in [2.45, 2.75) is 38.8 Å². The van der Waals surface area contributed by atoms with Gasteiger partial charge in [-0.3, -0.25) is 0 Å². The molecule has 0 saturated carbocycles. The van der Waals surface area contributed by atoms with Gasteiger partial charge in [0.1, 0.15) is 10.7 Å². The number of hydrogen-bond acceptors (Lipinski definition) is 2. The van der Waals surface area contributed by atoms with Crippen LogP contribution < -0.4 is 0 Å². The summed E-state index contributed by atoms with van der Waals surface area (Å²) in [6, 6.07) is 0. The Morgan fingerprint density at radius 1 is 1.33 bits per heavy atom. The minimum atomic E-state index is -1.23. The first-order chi connectivity index (χ1) is 5.36. The SMILES string of the molecule is CC(C)(F)C(C)(C)c1nccs1. The Hall–Kier alpha value is -0.440. The maximum atomic E-state index is 13.7. The van der Waals surface area contributed by atoms with Crippen molar-refractivity contribution in [1.82, 2.24) is 4.98 Å². The summed E-state index contributed by atoms with van der Waals surface area (Å²) in [5.74, 6) is 0. The molecule has 0 bridgehead atoms. The van der Waals surface area contributed by atoms with Gasteiger partial charge in [-0.15, -0.1) is 11.3 Å². The van der Waals surface area contributed by atoms with Crippen LogP contribution in [0.4, 0.5) is 4.39 Å². The zero-order chi connectivity index (χ0) is 9.41. The van der Waals surface area contributed by atoms with Crippen molar-refractivity contribution in [3.63, 3.8) is 0 Å². The molecule has 3 heteroatoms. The molecule has 0 N–H and O–H groups in total. The van der Waals surface area contributed by atoms with Crippen molar-refractivity contribution in [3.8, 4) is 0 Å². The highest BCUT2D eigenvalue weighted by atomic mass is 32.1. The van der Waals surface area contributed by atoms with E-state index in [1.165, 1.54) is 11.3 Å². The Morgan fingerprint density at radius 2 is 1.92 bits per heavy atom. The van der Waals surface area contributed by atoms with E-state index in [0.29, 0.717) is 0 Å². The minimum absolute atomic E-state index is 0.499. The van der Waals surface area contributed by atoms with Gasteiger partial charge in [-0.05, 0) is 13.8 Å². The Labute approximate surface area is 76.6 Å². The molecule has 1 aromatic heterocycles. The maximum Gasteiger partial charge on any atom is 0.116 e. The Balaban J connectivity index is 3.02. The van der Waals surface area contributed by atoms with E-state index in [2.05, 4.69) is 4.98 Å². The van der Waals surface area contributed by atoms with Gasteiger partial charge in [-0.25, -0.2) is 9.37 Å². The van der Waals surface area contributed by atoms with Crippen LogP contribution in [0.1, 0.15) is 32.7 Å². The lowest BCUT2D eigenvalue weighted by Crippen LogP contribution is -2.38. The van der Waals surface area contributed by atoms with Crippen molar-refractivity contribution in [2.24, 2.45) is 0 Å². The second-order valence-corrected chi connectivity index (χ2v) is 4.83. The molecule has 0 radical (unpaired) electrons. The number of alkyl halides is 1. The van der Waals surface area contributed by atoms with E-state index in [1.54, 1.807) is 20.0 Å². The van der Waals surface area contributed by atoms with Crippen LogP contribution in [-0.4, -0.2) is 10.7 Å². The van der Waals surface area contributed by atoms with Gasteiger partial charge >= 0.3 is 0 Å². The van der Waals surface area contributed by atoms with Crippen LogP contribution in [0.2, 0.25) is 0 Å². The number of hydrogen-bond donors (Lipinski definition) is 0. The molecule has 0 aliphatic heterocycles. The van der Waals surface area contributed by atoms with Gasteiger partial charge in [-0.1, -0.05) is 13.8 Å². The molecular formula is C9H14FNS. The van der Waals surface area contributed by atoms with Gasteiger partial charge in [0.2, 0.25) is 0 Å². The van der Waals surface area contributed by atoms with Gasteiger partial charge in [0.05, 0.1) is 5.41 Å². The van der Waals surface area contributed by atoms with Crippen LogP contribution in [0.15, 0.2) is 11.6 Å². The van der Waals surface area contributed by atoms with Crippen LogP contribution >= 0.6 is 11.3 Å². The summed E-state index contributed by atoms with van der Waals surface area (Å²) in [7, 11) is 0. The summed E-state index contributed by atoms with van der Waals surface area (Å²) < 4.78 is 13.7. The summed E-state index contributed by atoms with van der Waals surface area (Å²) >= 11 is 1.51. The van der Waals surface area contributed by atoms with E-state index in [0.717, 1.165) is 5.01 Å². The third-order valence-corrected chi connectivity index (χ3v) is 3.55.